The fourth-order valence-electron chi connectivity index (χ4n) is 3.49. The van der Waals surface area contributed by atoms with E-state index in [4.69, 9.17) is 9.15 Å². The maximum Gasteiger partial charge on any atom is 0.408 e. The summed E-state index contributed by atoms with van der Waals surface area (Å²) >= 11 is 0. The number of aryl methyl sites for hydroxylation is 1. The molecule has 0 spiro atoms. The van der Waals surface area contributed by atoms with E-state index in [1.165, 1.54) is 6.20 Å². The Morgan fingerprint density at radius 2 is 1.89 bits per heavy atom. The highest BCUT2D eigenvalue weighted by molar-refractivity contribution is 5.94. The van der Waals surface area contributed by atoms with Crippen LogP contribution in [-0.2, 0) is 9.53 Å². The van der Waals surface area contributed by atoms with Gasteiger partial charge in [-0.25, -0.2) is 4.79 Å². The van der Waals surface area contributed by atoms with Crippen LogP contribution in [0.5, 0.6) is 0 Å². The molecule has 1 aromatic carbocycles. The van der Waals surface area contributed by atoms with Crippen LogP contribution in [0.15, 0.2) is 40.9 Å². The minimum atomic E-state index is -1.50. The van der Waals surface area contributed by atoms with Gasteiger partial charge in [0, 0.05) is 17.0 Å². The number of alkyl carbamates (subject to hydrolysis) is 1. The Hall–Kier alpha value is -3.73. The van der Waals surface area contributed by atoms with Crippen LogP contribution in [0.3, 0.4) is 0 Å². The number of benzene rings is 1. The van der Waals surface area contributed by atoms with Gasteiger partial charge < -0.3 is 24.9 Å². The summed E-state index contributed by atoms with van der Waals surface area (Å²) in [5.41, 5.74) is 1.27. The zero-order chi connectivity index (χ0) is 26.3. The Balaban J connectivity index is 1.72. The number of carbonyl (C=O) groups excluding carboxylic acids is 2. The molecule has 0 saturated heterocycles. The van der Waals surface area contributed by atoms with Crippen molar-refractivity contribution in [2.75, 3.05) is 5.32 Å². The molecule has 3 rings (SSSR count). The fraction of sp³-hybridized carbons (Fsp3) is 0.480. The highest BCUT2D eigenvalue weighted by Crippen LogP contribution is 2.36. The van der Waals surface area contributed by atoms with Gasteiger partial charge in [0.05, 0.1) is 12.2 Å². The number of carbonyl (C=O) groups is 2. The molecule has 36 heavy (non-hydrogen) atoms. The molecule has 3 atom stereocenters. The summed E-state index contributed by atoms with van der Waals surface area (Å²) in [5.74, 6) is 0.128. The van der Waals surface area contributed by atoms with Gasteiger partial charge in [-0.2, -0.15) is 5.10 Å². The quantitative estimate of drug-likeness (QED) is 0.325. The van der Waals surface area contributed by atoms with Crippen molar-refractivity contribution in [1.29, 1.82) is 0 Å². The molecule has 0 aliphatic carbocycles. The molecule has 0 aliphatic rings. The number of hydrogen-bond acceptors (Lipinski definition) is 8. The first-order valence-corrected chi connectivity index (χ1v) is 11.9. The smallest absolute Gasteiger partial charge is 0.408 e. The van der Waals surface area contributed by atoms with Crippen molar-refractivity contribution in [1.82, 2.24) is 25.7 Å². The van der Waals surface area contributed by atoms with Crippen molar-refractivity contribution < 1.29 is 23.8 Å². The highest BCUT2D eigenvalue weighted by Gasteiger charge is 2.36. The van der Waals surface area contributed by atoms with E-state index in [-0.39, 0.29) is 5.89 Å². The summed E-state index contributed by atoms with van der Waals surface area (Å²) in [6.45, 7) is 9.59. The third-order valence-corrected chi connectivity index (χ3v) is 5.56. The van der Waals surface area contributed by atoms with Crippen LogP contribution in [0.4, 0.5) is 10.6 Å². The van der Waals surface area contributed by atoms with Crippen LogP contribution in [0.25, 0.3) is 11.5 Å². The lowest BCUT2D eigenvalue weighted by atomic mass is 9.89. The summed E-state index contributed by atoms with van der Waals surface area (Å²) in [4.78, 5) is 25.4. The molecular formula is C25H34N6O5. The van der Waals surface area contributed by atoms with Crippen molar-refractivity contribution in [3.63, 3.8) is 0 Å². The number of amides is 2. The van der Waals surface area contributed by atoms with Gasteiger partial charge in [0.1, 0.15) is 5.82 Å². The van der Waals surface area contributed by atoms with E-state index in [9.17, 15) is 14.7 Å². The number of anilines is 1. The predicted molar refractivity (Wildman–Crippen MR) is 133 cm³/mol. The van der Waals surface area contributed by atoms with Crippen LogP contribution in [0.2, 0.25) is 0 Å². The van der Waals surface area contributed by atoms with E-state index in [2.05, 4.69) is 31.0 Å². The van der Waals surface area contributed by atoms with Gasteiger partial charge in [0.25, 0.3) is 11.8 Å². The van der Waals surface area contributed by atoms with Gasteiger partial charge in [-0.05, 0) is 25.5 Å². The second kappa shape index (κ2) is 11.8. The molecule has 4 N–H and O–H groups in total. The topological polar surface area (TPSA) is 155 Å². The minimum absolute atomic E-state index is 0.149. The van der Waals surface area contributed by atoms with Gasteiger partial charge in [0.15, 0.2) is 12.2 Å². The first kappa shape index (κ1) is 26.9. The number of aliphatic hydroxyl groups is 1. The first-order chi connectivity index (χ1) is 17.1. The highest BCUT2D eigenvalue weighted by atomic mass is 16.6. The lowest BCUT2D eigenvalue weighted by Gasteiger charge is -2.29. The summed E-state index contributed by atoms with van der Waals surface area (Å²) in [6, 6.07) is 8.31. The summed E-state index contributed by atoms with van der Waals surface area (Å²) < 4.78 is 11.6. The Kier molecular flexibility index (Phi) is 8.81. The molecule has 3 aromatic rings. The van der Waals surface area contributed by atoms with E-state index in [0.29, 0.717) is 24.6 Å². The Bertz CT molecular complexity index is 1120. The lowest BCUT2D eigenvalue weighted by Crippen LogP contribution is -2.49. The summed E-state index contributed by atoms with van der Waals surface area (Å²) in [7, 11) is 0. The number of unbranched alkanes of at least 4 members (excludes halogenated alkanes) is 1. The number of aromatic nitrogens is 4. The van der Waals surface area contributed by atoms with Crippen molar-refractivity contribution in [3.8, 4) is 11.5 Å². The van der Waals surface area contributed by atoms with Crippen LogP contribution in [-0.4, -0.2) is 49.6 Å². The number of nitrogens with zero attached hydrogens (tertiary/aromatic N) is 3. The molecule has 11 nitrogen and oxygen atoms in total. The number of ether oxygens (including phenoxy) is 1. The molecule has 0 aliphatic heterocycles. The standard InChI is InChI=1S/C25H34N6O5/c1-6-7-8-17(19(32)21(33)28-18-13-14-26-29-18)27-24(34)35-20(25(3,4)5)23-31-30-22(36-23)16-11-9-15(2)10-12-16/h9-14,17,19-20,32H,6-8H2,1-5H3,(H,27,34)(H2,26,28,29,33)/t17-,19-,20-/m0/s1. The molecule has 0 saturated carbocycles. The van der Waals surface area contributed by atoms with Crippen molar-refractivity contribution in [2.45, 2.75) is 72.1 Å². The molecule has 0 radical (unpaired) electrons. The number of hydrogen-bond donors (Lipinski definition) is 4. The molecule has 2 heterocycles. The number of aromatic amines is 1. The van der Waals surface area contributed by atoms with E-state index in [0.717, 1.165) is 17.5 Å². The molecule has 2 aromatic heterocycles. The minimum Gasteiger partial charge on any atom is -0.436 e. The largest absolute Gasteiger partial charge is 0.436 e. The molecular weight excluding hydrogens is 464 g/mol. The number of nitrogens with one attached hydrogen (secondary N) is 3. The van der Waals surface area contributed by atoms with Gasteiger partial charge >= 0.3 is 6.09 Å². The van der Waals surface area contributed by atoms with Crippen molar-refractivity contribution in [2.24, 2.45) is 5.41 Å². The summed E-state index contributed by atoms with van der Waals surface area (Å²) in [6.07, 6.45) is 0.174. The Morgan fingerprint density at radius 3 is 2.50 bits per heavy atom. The SMILES string of the molecule is CCCC[C@H](NC(=O)O[C@@H](c1nnc(-c2ccc(C)cc2)o1)C(C)(C)C)[C@H](O)C(=O)Nc1ccn[nH]1. The van der Waals surface area contributed by atoms with Crippen molar-refractivity contribution in [3.05, 3.63) is 48.0 Å². The normalized spacial score (nSPS) is 14.1. The third-order valence-electron chi connectivity index (χ3n) is 5.56. The van der Waals surface area contributed by atoms with Gasteiger partial charge in [0.2, 0.25) is 5.89 Å². The van der Waals surface area contributed by atoms with E-state index in [1.54, 1.807) is 6.07 Å². The maximum atomic E-state index is 12.9. The van der Waals surface area contributed by atoms with Gasteiger partial charge in [-0.15, -0.1) is 10.2 Å². The Labute approximate surface area is 210 Å². The van der Waals surface area contributed by atoms with E-state index >= 15 is 0 Å². The zero-order valence-corrected chi connectivity index (χ0v) is 21.2. The Morgan fingerprint density at radius 1 is 1.17 bits per heavy atom. The lowest BCUT2D eigenvalue weighted by molar-refractivity contribution is -0.125. The second-order valence-corrected chi connectivity index (χ2v) is 9.76. The molecule has 0 fully saturated rings. The maximum absolute atomic E-state index is 12.9. The zero-order valence-electron chi connectivity index (χ0n) is 21.2. The number of H-pyrrole nitrogens is 1. The van der Waals surface area contributed by atoms with Crippen molar-refractivity contribution >= 4 is 17.8 Å². The first-order valence-electron chi connectivity index (χ1n) is 11.9. The third kappa shape index (κ3) is 7.14. The monoisotopic (exact) mass is 498 g/mol. The molecule has 194 valence electrons. The fourth-order valence-corrected chi connectivity index (χ4v) is 3.49. The van der Waals surface area contributed by atoms with E-state index in [1.807, 2.05) is 58.9 Å². The molecule has 0 bridgehead atoms. The molecule has 11 heteroatoms. The van der Waals surface area contributed by atoms with Crippen LogP contribution in [0.1, 0.15) is 64.5 Å². The average molecular weight is 499 g/mol. The van der Waals surface area contributed by atoms with Crippen LogP contribution < -0.4 is 10.6 Å². The molecule has 2 amide bonds. The van der Waals surface area contributed by atoms with Crippen LogP contribution >= 0.6 is 0 Å². The summed E-state index contributed by atoms with van der Waals surface area (Å²) in [5, 5.41) is 30.4. The number of aliphatic hydroxyl groups excluding tert-OH is 1. The average Bonchev–Trinajstić information content (AvgIpc) is 3.52. The van der Waals surface area contributed by atoms with Crippen LogP contribution in [0, 0.1) is 12.3 Å². The van der Waals surface area contributed by atoms with Gasteiger partial charge in [-0.1, -0.05) is 58.2 Å². The van der Waals surface area contributed by atoms with E-state index < -0.39 is 35.7 Å². The predicted octanol–water partition coefficient (Wildman–Crippen LogP) is 4.14. The number of rotatable bonds is 10. The second-order valence-electron chi connectivity index (χ2n) is 9.76. The molecule has 0 unspecified atom stereocenters. The van der Waals surface area contributed by atoms with Gasteiger partial charge in [-0.3, -0.25) is 9.89 Å².